The van der Waals surface area contributed by atoms with Crippen LogP contribution in [0.3, 0.4) is 0 Å². The molecule has 0 aliphatic rings. The van der Waals surface area contributed by atoms with Gasteiger partial charge in [0, 0.05) is 15.3 Å². The maximum Gasteiger partial charge on any atom is 0.0346 e. The smallest absolute Gasteiger partial charge is 0.0346 e. The van der Waals surface area contributed by atoms with Crippen LogP contribution in [0.15, 0.2) is 48.5 Å². The number of benzene rings is 2. The number of nitrogen functional groups attached to an aromatic ring is 2. The molecule has 0 amide bonds. The Morgan fingerprint density at radius 1 is 0.947 bits per heavy atom. The summed E-state index contributed by atoms with van der Waals surface area (Å²) in [7, 11) is 0. The number of halogens is 1. The summed E-state index contributed by atoms with van der Waals surface area (Å²) in [4.78, 5) is 0. The molecule has 0 heterocycles. The van der Waals surface area contributed by atoms with Gasteiger partial charge in [-0.3, -0.25) is 0 Å². The standard InChI is InChI=1S/C16H19IN2/c17-14(11-13-3-1-2-4-16(13)19)8-5-12-6-9-15(18)10-7-12/h1-4,6-7,9-10,14H,5,8,11,18-19H2. The fraction of sp³-hybridized carbons (Fsp3) is 0.250. The van der Waals surface area contributed by atoms with Crippen LogP contribution in [-0.2, 0) is 12.8 Å². The van der Waals surface area contributed by atoms with E-state index in [0.717, 1.165) is 30.6 Å². The lowest BCUT2D eigenvalue weighted by Gasteiger charge is -2.11. The number of alkyl halides is 1. The van der Waals surface area contributed by atoms with Gasteiger partial charge < -0.3 is 11.5 Å². The minimum atomic E-state index is 0.597. The molecule has 0 aliphatic carbocycles. The summed E-state index contributed by atoms with van der Waals surface area (Å²) < 4.78 is 0.597. The molecule has 2 rings (SSSR count). The van der Waals surface area contributed by atoms with Gasteiger partial charge in [-0.1, -0.05) is 52.9 Å². The highest BCUT2D eigenvalue weighted by molar-refractivity contribution is 14.1. The van der Waals surface area contributed by atoms with E-state index in [1.54, 1.807) is 0 Å². The second-order valence-electron chi connectivity index (χ2n) is 4.78. The average molecular weight is 366 g/mol. The first kappa shape index (κ1) is 14.2. The molecule has 19 heavy (non-hydrogen) atoms. The van der Waals surface area contributed by atoms with Crippen molar-refractivity contribution in [1.82, 2.24) is 0 Å². The molecule has 0 aliphatic heterocycles. The lowest BCUT2D eigenvalue weighted by Crippen LogP contribution is -2.06. The minimum absolute atomic E-state index is 0.597. The molecular weight excluding hydrogens is 347 g/mol. The normalized spacial score (nSPS) is 12.3. The van der Waals surface area contributed by atoms with Crippen molar-refractivity contribution in [2.75, 3.05) is 11.5 Å². The third-order valence-corrected chi connectivity index (χ3v) is 4.29. The number of nitrogens with two attached hydrogens (primary N) is 2. The fourth-order valence-corrected chi connectivity index (χ4v) is 2.85. The Labute approximate surface area is 128 Å². The quantitative estimate of drug-likeness (QED) is 0.480. The Kier molecular flexibility index (Phi) is 5.07. The summed E-state index contributed by atoms with van der Waals surface area (Å²) >= 11 is 2.51. The van der Waals surface area contributed by atoms with Crippen molar-refractivity contribution in [3.63, 3.8) is 0 Å². The van der Waals surface area contributed by atoms with E-state index in [2.05, 4.69) is 46.9 Å². The molecule has 0 bridgehead atoms. The van der Waals surface area contributed by atoms with Crippen molar-refractivity contribution in [2.24, 2.45) is 0 Å². The minimum Gasteiger partial charge on any atom is -0.399 e. The zero-order valence-corrected chi connectivity index (χ0v) is 13.0. The first-order valence-corrected chi connectivity index (χ1v) is 7.71. The zero-order valence-electron chi connectivity index (χ0n) is 10.9. The topological polar surface area (TPSA) is 52.0 Å². The molecule has 0 saturated heterocycles. The van der Waals surface area contributed by atoms with Gasteiger partial charge in [0.05, 0.1) is 0 Å². The molecule has 0 saturated carbocycles. The summed E-state index contributed by atoms with van der Waals surface area (Å²) in [6.07, 6.45) is 3.27. The Morgan fingerprint density at radius 2 is 1.63 bits per heavy atom. The third-order valence-electron chi connectivity index (χ3n) is 3.22. The second-order valence-corrected chi connectivity index (χ2v) is 6.54. The predicted octanol–water partition coefficient (Wildman–Crippen LogP) is 3.83. The van der Waals surface area contributed by atoms with Gasteiger partial charge in [0.25, 0.3) is 0 Å². The van der Waals surface area contributed by atoms with E-state index in [4.69, 9.17) is 11.5 Å². The van der Waals surface area contributed by atoms with Gasteiger partial charge in [-0.15, -0.1) is 0 Å². The van der Waals surface area contributed by atoms with Crippen LogP contribution in [0.5, 0.6) is 0 Å². The fourth-order valence-electron chi connectivity index (χ4n) is 2.07. The van der Waals surface area contributed by atoms with Crippen LogP contribution in [0, 0.1) is 0 Å². The molecule has 100 valence electrons. The van der Waals surface area contributed by atoms with Crippen LogP contribution in [0.1, 0.15) is 17.5 Å². The summed E-state index contributed by atoms with van der Waals surface area (Å²) in [5, 5.41) is 0. The number of anilines is 2. The van der Waals surface area contributed by atoms with E-state index in [1.807, 2.05) is 24.3 Å². The van der Waals surface area contributed by atoms with Crippen LogP contribution in [0.25, 0.3) is 0 Å². The van der Waals surface area contributed by atoms with E-state index in [0.29, 0.717) is 3.92 Å². The van der Waals surface area contributed by atoms with E-state index < -0.39 is 0 Å². The molecule has 2 nitrogen and oxygen atoms in total. The Morgan fingerprint density at radius 3 is 2.32 bits per heavy atom. The number of rotatable bonds is 5. The Balaban J connectivity index is 1.86. The summed E-state index contributed by atoms with van der Waals surface area (Å²) in [5.74, 6) is 0. The molecule has 0 fully saturated rings. The average Bonchev–Trinajstić information content (AvgIpc) is 2.41. The van der Waals surface area contributed by atoms with Gasteiger partial charge in [0.15, 0.2) is 0 Å². The highest BCUT2D eigenvalue weighted by Gasteiger charge is 2.08. The summed E-state index contributed by atoms with van der Waals surface area (Å²) in [5.41, 5.74) is 16.0. The van der Waals surface area contributed by atoms with Crippen molar-refractivity contribution < 1.29 is 0 Å². The van der Waals surface area contributed by atoms with Gasteiger partial charge in [0.1, 0.15) is 0 Å². The summed E-state index contributed by atoms with van der Waals surface area (Å²) in [6, 6.07) is 16.3. The van der Waals surface area contributed by atoms with Crippen molar-refractivity contribution in [2.45, 2.75) is 23.2 Å². The predicted molar refractivity (Wildman–Crippen MR) is 91.5 cm³/mol. The SMILES string of the molecule is Nc1ccc(CCC(I)Cc2ccccc2N)cc1. The molecule has 1 unspecified atom stereocenters. The molecule has 0 spiro atoms. The largest absolute Gasteiger partial charge is 0.399 e. The number of aryl methyl sites for hydroxylation is 1. The van der Waals surface area contributed by atoms with Gasteiger partial charge in [-0.25, -0.2) is 0 Å². The molecule has 2 aromatic carbocycles. The molecular formula is C16H19IN2. The molecule has 3 heteroatoms. The van der Waals surface area contributed by atoms with Crippen LogP contribution >= 0.6 is 22.6 Å². The Hall–Kier alpha value is -1.23. The van der Waals surface area contributed by atoms with Crippen LogP contribution in [0.4, 0.5) is 11.4 Å². The van der Waals surface area contributed by atoms with Crippen molar-refractivity contribution >= 4 is 34.0 Å². The van der Waals surface area contributed by atoms with Crippen molar-refractivity contribution in [1.29, 1.82) is 0 Å². The van der Waals surface area contributed by atoms with Crippen LogP contribution in [-0.4, -0.2) is 3.92 Å². The van der Waals surface area contributed by atoms with Crippen molar-refractivity contribution in [3.05, 3.63) is 59.7 Å². The van der Waals surface area contributed by atoms with Crippen molar-refractivity contribution in [3.8, 4) is 0 Å². The molecule has 4 N–H and O–H groups in total. The lowest BCUT2D eigenvalue weighted by atomic mass is 10.0. The number of hydrogen-bond acceptors (Lipinski definition) is 2. The Bertz CT molecular complexity index is 523. The van der Waals surface area contributed by atoms with E-state index in [1.165, 1.54) is 11.1 Å². The summed E-state index contributed by atoms with van der Waals surface area (Å²) in [6.45, 7) is 0. The molecule has 2 aromatic rings. The number of hydrogen-bond donors (Lipinski definition) is 2. The molecule has 0 aromatic heterocycles. The number of para-hydroxylation sites is 1. The maximum atomic E-state index is 5.98. The van der Waals surface area contributed by atoms with E-state index >= 15 is 0 Å². The van der Waals surface area contributed by atoms with E-state index in [9.17, 15) is 0 Å². The highest BCUT2D eigenvalue weighted by Crippen LogP contribution is 2.20. The third kappa shape index (κ3) is 4.42. The van der Waals surface area contributed by atoms with Gasteiger partial charge in [0.2, 0.25) is 0 Å². The van der Waals surface area contributed by atoms with Crippen LogP contribution < -0.4 is 11.5 Å². The molecule has 0 radical (unpaired) electrons. The monoisotopic (exact) mass is 366 g/mol. The first-order valence-electron chi connectivity index (χ1n) is 6.47. The molecule has 1 atom stereocenters. The van der Waals surface area contributed by atoms with Gasteiger partial charge >= 0.3 is 0 Å². The van der Waals surface area contributed by atoms with Crippen LogP contribution in [0.2, 0.25) is 0 Å². The van der Waals surface area contributed by atoms with Gasteiger partial charge in [-0.2, -0.15) is 0 Å². The maximum absolute atomic E-state index is 5.98. The van der Waals surface area contributed by atoms with E-state index in [-0.39, 0.29) is 0 Å². The lowest BCUT2D eigenvalue weighted by molar-refractivity contribution is 0.776. The zero-order chi connectivity index (χ0) is 13.7. The first-order chi connectivity index (χ1) is 9.15. The highest BCUT2D eigenvalue weighted by atomic mass is 127. The second kappa shape index (κ2) is 6.80. The van der Waals surface area contributed by atoms with Gasteiger partial charge in [-0.05, 0) is 48.6 Å².